The smallest absolute Gasteiger partial charge is 0.407 e. The average molecular weight is 289 g/mol. The van der Waals surface area contributed by atoms with Crippen LogP contribution in [0.25, 0.3) is 11.1 Å². The van der Waals surface area contributed by atoms with Crippen molar-refractivity contribution in [3.05, 3.63) is 45.4 Å². The van der Waals surface area contributed by atoms with Crippen molar-refractivity contribution in [2.75, 3.05) is 5.32 Å². The number of H-pyrrole nitrogens is 1. The van der Waals surface area contributed by atoms with Crippen LogP contribution in [0.3, 0.4) is 0 Å². The third kappa shape index (κ3) is 2.35. The van der Waals surface area contributed by atoms with Crippen molar-refractivity contribution in [2.24, 2.45) is 0 Å². The predicted octanol–water partition coefficient (Wildman–Crippen LogP) is 2.39. The molecule has 0 aliphatic carbocycles. The number of anilines is 1. The van der Waals surface area contributed by atoms with Crippen molar-refractivity contribution < 1.29 is 9.21 Å². The molecule has 0 unspecified atom stereocenters. The Balaban J connectivity index is 1.82. The lowest BCUT2D eigenvalue weighted by molar-refractivity contribution is 0.102. The number of aromatic nitrogens is 2. The van der Waals surface area contributed by atoms with Crippen molar-refractivity contribution in [1.82, 2.24) is 9.97 Å². The molecule has 20 heavy (non-hydrogen) atoms. The highest BCUT2D eigenvalue weighted by Crippen LogP contribution is 2.21. The summed E-state index contributed by atoms with van der Waals surface area (Å²) < 4.78 is 5.11. The minimum atomic E-state index is -0.472. The zero-order valence-corrected chi connectivity index (χ0v) is 11.4. The van der Waals surface area contributed by atoms with Crippen LogP contribution in [0.5, 0.6) is 0 Å². The van der Waals surface area contributed by atoms with Gasteiger partial charge in [0.2, 0.25) is 0 Å². The summed E-state index contributed by atoms with van der Waals surface area (Å²) in [5.41, 5.74) is 2.05. The number of hydrogen-bond donors (Lipinski definition) is 2. The van der Waals surface area contributed by atoms with E-state index < -0.39 is 5.76 Å². The lowest BCUT2D eigenvalue weighted by atomic mass is 10.2. The lowest BCUT2D eigenvalue weighted by Gasteiger charge is -2.02. The number of ketones is 1. The minimum Gasteiger partial charge on any atom is -0.407 e. The molecule has 0 radical (unpaired) electrons. The maximum Gasteiger partial charge on any atom is 0.417 e. The summed E-state index contributed by atoms with van der Waals surface area (Å²) in [6, 6.07) is 5.49. The molecule has 1 aromatic carbocycles. The molecule has 3 aromatic rings. The van der Waals surface area contributed by atoms with E-state index in [0.29, 0.717) is 27.7 Å². The van der Waals surface area contributed by atoms with Gasteiger partial charge in [-0.25, -0.2) is 9.78 Å². The second-order valence-electron chi connectivity index (χ2n) is 4.25. The number of nitrogens with one attached hydrogen (secondary N) is 2. The molecule has 3 rings (SSSR count). The third-order valence-corrected chi connectivity index (χ3v) is 3.87. The summed E-state index contributed by atoms with van der Waals surface area (Å²) >= 11 is 1.30. The fourth-order valence-corrected chi connectivity index (χ4v) is 2.57. The third-order valence-electron chi connectivity index (χ3n) is 2.81. The highest BCUT2D eigenvalue weighted by Gasteiger charge is 2.09. The van der Waals surface area contributed by atoms with E-state index in [-0.39, 0.29) is 5.78 Å². The molecule has 2 aromatic heterocycles. The molecule has 2 N–H and O–H groups in total. The van der Waals surface area contributed by atoms with Gasteiger partial charge in [0.25, 0.3) is 0 Å². The fraction of sp³-hybridized carbons (Fsp3) is 0.154. The molecule has 0 bridgehead atoms. The second-order valence-corrected chi connectivity index (χ2v) is 5.28. The van der Waals surface area contributed by atoms with Gasteiger partial charge in [0.1, 0.15) is 0 Å². The Morgan fingerprint density at radius 2 is 2.35 bits per heavy atom. The standard InChI is InChI=1S/C13H11N3O3S/c1-7(17)10-6-15-12(20-10)14-5-8-3-2-4-9-11(8)19-13(18)16-9/h2-4,6H,5H2,1H3,(H,14,15)(H,16,18). The first-order valence-electron chi connectivity index (χ1n) is 5.95. The van der Waals surface area contributed by atoms with Crippen LogP contribution >= 0.6 is 11.3 Å². The van der Waals surface area contributed by atoms with Crippen LogP contribution in [0.1, 0.15) is 22.2 Å². The van der Waals surface area contributed by atoms with E-state index in [2.05, 4.69) is 15.3 Å². The molecule has 0 saturated heterocycles. The number of para-hydroxylation sites is 1. The van der Waals surface area contributed by atoms with Crippen molar-refractivity contribution >= 4 is 33.4 Å². The number of carbonyl (C=O) groups excluding carboxylic acids is 1. The van der Waals surface area contributed by atoms with Crippen molar-refractivity contribution in [2.45, 2.75) is 13.5 Å². The highest BCUT2D eigenvalue weighted by atomic mass is 32.1. The van der Waals surface area contributed by atoms with Gasteiger partial charge < -0.3 is 9.73 Å². The van der Waals surface area contributed by atoms with Crippen molar-refractivity contribution in [3.63, 3.8) is 0 Å². The van der Waals surface area contributed by atoms with E-state index in [1.807, 2.05) is 12.1 Å². The number of carbonyl (C=O) groups is 1. The second kappa shape index (κ2) is 4.93. The number of hydrogen-bond acceptors (Lipinski definition) is 6. The monoisotopic (exact) mass is 289 g/mol. The number of thiazole rings is 1. The Hall–Kier alpha value is -2.41. The van der Waals surface area contributed by atoms with Crippen LogP contribution in [0, 0.1) is 0 Å². The minimum absolute atomic E-state index is 0.00529. The molecular weight excluding hydrogens is 278 g/mol. The van der Waals surface area contributed by atoms with Crippen LogP contribution in [0.2, 0.25) is 0 Å². The first-order chi connectivity index (χ1) is 9.63. The van der Waals surface area contributed by atoms with Gasteiger partial charge in [-0.3, -0.25) is 9.78 Å². The first kappa shape index (κ1) is 12.6. The van der Waals surface area contributed by atoms with Crippen LogP contribution in [0.4, 0.5) is 5.13 Å². The summed E-state index contributed by atoms with van der Waals surface area (Å²) in [6.45, 7) is 1.97. The Morgan fingerprint density at radius 1 is 1.50 bits per heavy atom. The molecule has 0 atom stereocenters. The maximum absolute atomic E-state index is 11.2. The van der Waals surface area contributed by atoms with Crippen LogP contribution in [-0.4, -0.2) is 15.8 Å². The van der Waals surface area contributed by atoms with Gasteiger partial charge in [0, 0.05) is 19.0 Å². The summed E-state index contributed by atoms with van der Waals surface area (Å²) in [4.78, 5) is 29.7. The van der Waals surface area contributed by atoms with Gasteiger partial charge in [-0.2, -0.15) is 0 Å². The molecule has 6 nitrogen and oxygen atoms in total. The normalized spacial score (nSPS) is 10.8. The first-order valence-corrected chi connectivity index (χ1v) is 6.76. The number of oxazole rings is 1. The topological polar surface area (TPSA) is 88.0 Å². The zero-order chi connectivity index (χ0) is 14.1. The molecule has 7 heteroatoms. The van der Waals surface area contributed by atoms with Gasteiger partial charge in [0.05, 0.1) is 16.6 Å². The molecule has 0 fully saturated rings. The lowest BCUT2D eigenvalue weighted by Crippen LogP contribution is -1.99. The average Bonchev–Trinajstić information content (AvgIpc) is 3.01. The van der Waals surface area contributed by atoms with Gasteiger partial charge in [-0.15, -0.1) is 0 Å². The largest absolute Gasteiger partial charge is 0.417 e. The summed E-state index contributed by atoms with van der Waals surface area (Å²) in [5, 5.41) is 3.77. The van der Waals surface area contributed by atoms with E-state index in [1.54, 1.807) is 12.3 Å². The molecule has 0 aliphatic rings. The number of fused-ring (bicyclic) bond motifs is 1. The molecule has 2 heterocycles. The summed E-state index contributed by atoms with van der Waals surface area (Å²) in [5.74, 6) is -0.477. The molecular formula is C13H11N3O3S. The predicted molar refractivity (Wildman–Crippen MR) is 76.3 cm³/mol. The molecule has 102 valence electrons. The number of aromatic amines is 1. The fourth-order valence-electron chi connectivity index (χ4n) is 1.86. The van der Waals surface area contributed by atoms with Gasteiger partial charge in [-0.1, -0.05) is 23.5 Å². The number of Topliss-reactive ketones (excluding diaryl/α,β-unsaturated/α-hetero) is 1. The Bertz CT molecular complexity index is 831. The SMILES string of the molecule is CC(=O)c1cnc(NCc2cccc3[nH]c(=O)oc23)s1. The number of rotatable bonds is 4. The van der Waals surface area contributed by atoms with Gasteiger partial charge in [-0.05, 0) is 6.07 Å². The van der Waals surface area contributed by atoms with Crippen LogP contribution < -0.4 is 11.1 Å². The van der Waals surface area contributed by atoms with E-state index in [1.165, 1.54) is 18.3 Å². The molecule has 0 aliphatic heterocycles. The van der Waals surface area contributed by atoms with Crippen LogP contribution in [0.15, 0.2) is 33.6 Å². The van der Waals surface area contributed by atoms with E-state index in [0.717, 1.165) is 5.56 Å². The highest BCUT2D eigenvalue weighted by molar-refractivity contribution is 7.17. The molecule has 0 amide bonds. The van der Waals surface area contributed by atoms with Gasteiger partial charge in [0.15, 0.2) is 16.5 Å². The summed E-state index contributed by atoms with van der Waals surface area (Å²) in [7, 11) is 0. The molecule has 0 spiro atoms. The Kier molecular flexibility index (Phi) is 3.11. The summed E-state index contributed by atoms with van der Waals surface area (Å²) in [6.07, 6.45) is 1.55. The Labute approximate surface area is 117 Å². The quantitative estimate of drug-likeness (QED) is 0.720. The Morgan fingerprint density at radius 3 is 3.10 bits per heavy atom. The number of nitrogens with zero attached hydrogens (tertiary/aromatic N) is 1. The van der Waals surface area contributed by atoms with Crippen LogP contribution in [-0.2, 0) is 6.54 Å². The zero-order valence-electron chi connectivity index (χ0n) is 10.6. The van der Waals surface area contributed by atoms with Crippen molar-refractivity contribution in [3.8, 4) is 0 Å². The van der Waals surface area contributed by atoms with E-state index in [4.69, 9.17) is 4.42 Å². The van der Waals surface area contributed by atoms with E-state index in [9.17, 15) is 9.59 Å². The van der Waals surface area contributed by atoms with Gasteiger partial charge >= 0.3 is 5.76 Å². The van der Waals surface area contributed by atoms with E-state index >= 15 is 0 Å². The van der Waals surface area contributed by atoms with Crippen molar-refractivity contribution in [1.29, 1.82) is 0 Å². The molecule has 0 saturated carbocycles. The maximum atomic E-state index is 11.2. The number of benzene rings is 1.